The van der Waals surface area contributed by atoms with Crippen LogP contribution < -0.4 is 5.32 Å². The van der Waals surface area contributed by atoms with Gasteiger partial charge in [-0.3, -0.25) is 4.79 Å². The fraction of sp³-hybridized carbons (Fsp3) is 0.143. The van der Waals surface area contributed by atoms with Gasteiger partial charge in [-0.2, -0.15) is 13.2 Å². The summed E-state index contributed by atoms with van der Waals surface area (Å²) < 4.78 is 51.5. The molecule has 116 valence electrons. The molecule has 1 N–H and O–H groups in total. The monoisotopic (exact) mass is 332 g/mol. The van der Waals surface area contributed by atoms with Gasteiger partial charge in [0.05, 0.1) is 17.3 Å². The number of alkyl halides is 3. The Labute approximate surface area is 127 Å². The lowest BCUT2D eigenvalue weighted by Gasteiger charge is -2.13. The third-order valence-corrected chi connectivity index (χ3v) is 3.15. The zero-order chi connectivity index (χ0) is 16.5. The van der Waals surface area contributed by atoms with E-state index in [9.17, 15) is 22.4 Å². The lowest BCUT2D eigenvalue weighted by Crippen LogP contribution is -2.15. The smallest absolute Gasteiger partial charge is 0.322 e. The number of halogens is 5. The minimum atomic E-state index is -4.54. The maximum absolute atomic E-state index is 13.1. The van der Waals surface area contributed by atoms with Crippen LogP contribution in [0, 0.1) is 12.7 Å². The number of hydrogen-bond acceptors (Lipinski definition) is 2. The highest BCUT2D eigenvalue weighted by molar-refractivity contribution is 6.33. The van der Waals surface area contributed by atoms with Crippen molar-refractivity contribution >= 4 is 23.2 Å². The summed E-state index contributed by atoms with van der Waals surface area (Å²) in [6.45, 7) is 1.31. The molecule has 1 amide bonds. The molecular formula is C14H9ClF4N2O. The summed E-state index contributed by atoms with van der Waals surface area (Å²) in [5, 5.41) is 1.99. The van der Waals surface area contributed by atoms with E-state index in [-0.39, 0.29) is 22.0 Å². The number of carbonyl (C=O) groups excluding carboxylic acids is 1. The SMILES string of the molecule is Cc1ccc(NC(=O)c2cc(F)cnc2Cl)cc1C(F)(F)F. The maximum atomic E-state index is 13.1. The fourth-order valence-corrected chi connectivity index (χ4v) is 1.97. The van der Waals surface area contributed by atoms with Crippen LogP contribution in [-0.2, 0) is 6.18 Å². The number of amides is 1. The molecule has 1 aromatic carbocycles. The molecule has 0 aliphatic heterocycles. The summed E-state index contributed by atoms with van der Waals surface area (Å²) in [5.74, 6) is -1.64. The predicted molar refractivity (Wildman–Crippen MR) is 73.3 cm³/mol. The molecule has 0 saturated heterocycles. The Hall–Kier alpha value is -2.15. The molecule has 0 bridgehead atoms. The molecule has 2 aromatic rings. The van der Waals surface area contributed by atoms with Gasteiger partial charge in [0.25, 0.3) is 5.91 Å². The zero-order valence-electron chi connectivity index (χ0n) is 11.1. The van der Waals surface area contributed by atoms with E-state index in [0.717, 1.165) is 18.3 Å². The molecule has 0 saturated carbocycles. The van der Waals surface area contributed by atoms with Gasteiger partial charge < -0.3 is 5.32 Å². The van der Waals surface area contributed by atoms with Crippen molar-refractivity contribution in [2.75, 3.05) is 5.32 Å². The van der Waals surface area contributed by atoms with E-state index in [4.69, 9.17) is 11.6 Å². The molecule has 0 radical (unpaired) electrons. The number of pyridine rings is 1. The molecular weight excluding hydrogens is 324 g/mol. The molecule has 0 aliphatic rings. The molecule has 0 aliphatic carbocycles. The second-order valence-corrected chi connectivity index (χ2v) is 4.83. The average molecular weight is 333 g/mol. The molecule has 1 heterocycles. The zero-order valence-corrected chi connectivity index (χ0v) is 11.9. The van der Waals surface area contributed by atoms with Crippen LogP contribution in [0.1, 0.15) is 21.5 Å². The summed E-state index contributed by atoms with van der Waals surface area (Å²) in [6.07, 6.45) is -3.71. The topological polar surface area (TPSA) is 42.0 Å². The third kappa shape index (κ3) is 3.54. The van der Waals surface area contributed by atoms with Crippen molar-refractivity contribution < 1.29 is 22.4 Å². The van der Waals surface area contributed by atoms with Crippen molar-refractivity contribution in [2.24, 2.45) is 0 Å². The van der Waals surface area contributed by atoms with Crippen LogP contribution in [0.4, 0.5) is 23.2 Å². The van der Waals surface area contributed by atoms with Crippen molar-refractivity contribution in [1.82, 2.24) is 4.98 Å². The average Bonchev–Trinajstić information content (AvgIpc) is 2.42. The number of aryl methyl sites for hydroxylation is 1. The summed E-state index contributed by atoms with van der Waals surface area (Å²) in [7, 11) is 0. The van der Waals surface area contributed by atoms with Gasteiger partial charge in [0, 0.05) is 5.69 Å². The summed E-state index contributed by atoms with van der Waals surface area (Å²) in [4.78, 5) is 15.4. The number of hydrogen-bond donors (Lipinski definition) is 1. The van der Waals surface area contributed by atoms with E-state index >= 15 is 0 Å². The van der Waals surface area contributed by atoms with Gasteiger partial charge in [-0.05, 0) is 30.7 Å². The number of nitrogens with one attached hydrogen (secondary N) is 1. The highest BCUT2D eigenvalue weighted by Crippen LogP contribution is 2.33. The Morgan fingerprint density at radius 3 is 2.59 bits per heavy atom. The van der Waals surface area contributed by atoms with Crippen LogP contribution in [0.5, 0.6) is 0 Å². The van der Waals surface area contributed by atoms with E-state index < -0.39 is 23.5 Å². The Morgan fingerprint density at radius 2 is 1.95 bits per heavy atom. The first-order chi connectivity index (χ1) is 10.2. The summed E-state index contributed by atoms with van der Waals surface area (Å²) in [6, 6.07) is 4.18. The number of nitrogens with zero attached hydrogens (tertiary/aromatic N) is 1. The van der Waals surface area contributed by atoms with Gasteiger partial charge in [-0.1, -0.05) is 17.7 Å². The molecule has 22 heavy (non-hydrogen) atoms. The van der Waals surface area contributed by atoms with Crippen LogP contribution >= 0.6 is 11.6 Å². The molecule has 2 rings (SSSR count). The standard InChI is InChI=1S/C14H9ClF4N2O/c1-7-2-3-9(5-11(7)14(17,18)19)21-13(22)10-4-8(16)6-20-12(10)15/h2-6H,1H3,(H,21,22). The number of anilines is 1. The van der Waals surface area contributed by atoms with Gasteiger partial charge in [0.1, 0.15) is 11.0 Å². The van der Waals surface area contributed by atoms with Crippen LogP contribution in [-0.4, -0.2) is 10.9 Å². The van der Waals surface area contributed by atoms with Gasteiger partial charge in [0.15, 0.2) is 0 Å². The number of carbonyl (C=O) groups is 1. The van der Waals surface area contributed by atoms with Gasteiger partial charge in [-0.25, -0.2) is 9.37 Å². The van der Waals surface area contributed by atoms with Crippen molar-refractivity contribution in [3.63, 3.8) is 0 Å². The van der Waals surface area contributed by atoms with E-state index in [1.165, 1.54) is 19.1 Å². The number of rotatable bonds is 2. The molecule has 8 heteroatoms. The minimum absolute atomic E-state index is 0.0240. The fourth-order valence-electron chi connectivity index (χ4n) is 1.79. The van der Waals surface area contributed by atoms with Crippen LogP contribution in [0.15, 0.2) is 30.5 Å². The van der Waals surface area contributed by atoms with Crippen molar-refractivity contribution in [3.8, 4) is 0 Å². The molecule has 3 nitrogen and oxygen atoms in total. The number of benzene rings is 1. The predicted octanol–water partition coefficient (Wildman–Crippen LogP) is 4.45. The second kappa shape index (κ2) is 5.92. The Kier molecular flexibility index (Phi) is 4.37. The van der Waals surface area contributed by atoms with Crippen molar-refractivity contribution in [1.29, 1.82) is 0 Å². The van der Waals surface area contributed by atoms with Crippen LogP contribution in [0.3, 0.4) is 0 Å². The van der Waals surface area contributed by atoms with Gasteiger partial charge in [-0.15, -0.1) is 0 Å². The first-order valence-corrected chi connectivity index (χ1v) is 6.36. The van der Waals surface area contributed by atoms with Crippen LogP contribution in [0.25, 0.3) is 0 Å². The summed E-state index contributed by atoms with van der Waals surface area (Å²) >= 11 is 5.67. The Balaban J connectivity index is 2.31. The van der Waals surface area contributed by atoms with Crippen molar-refractivity contribution in [2.45, 2.75) is 13.1 Å². The van der Waals surface area contributed by atoms with E-state index in [0.29, 0.717) is 0 Å². The van der Waals surface area contributed by atoms with Gasteiger partial charge in [0.2, 0.25) is 0 Å². The molecule has 0 spiro atoms. The highest BCUT2D eigenvalue weighted by Gasteiger charge is 2.32. The number of aromatic nitrogens is 1. The lowest BCUT2D eigenvalue weighted by atomic mass is 10.1. The molecule has 0 unspecified atom stereocenters. The molecule has 0 fully saturated rings. The quantitative estimate of drug-likeness (QED) is 0.652. The first kappa shape index (κ1) is 16.2. The Morgan fingerprint density at radius 1 is 1.27 bits per heavy atom. The molecule has 0 atom stereocenters. The largest absolute Gasteiger partial charge is 0.416 e. The van der Waals surface area contributed by atoms with E-state index in [1.54, 1.807) is 0 Å². The summed E-state index contributed by atoms with van der Waals surface area (Å²) in [5.41, 5.74) is -1.19. The first-order valence-electron chi connectivity index (χ1n) is 5.98. The Bertz CT molecular complexity index is 731. The second-order valence-electron chi connectivity index (χ2n) is 4.47. The highest BCUT2D eigenvalue weighted by atomic mass is 35.5. The van der Waals surface area contributed by atoms with E-state index in [1.807, 2.05) is 0 Å². The third-order valence-electron chi connectivity index (χ3n) is 2.85. The van der Waals surface area contributed by atoms with Crippen molar-refractivity contribution in [3.05, 3.63) is 58.1 Å². The maximum Gasteiger partial charge on any atom is 0.416 e. The lowest BCUT2D eigenvalue weighted by molar-refractivity contribution is -0.138. The van der Waals surface area contributed by atoms with Crippen LogP contribution in [0.2, 0.25) is 5.15 Å². The minimum Gasteiger partial charge on any atom is -0.322 e. The van der Waals surface area contributed by atoms with E-state index in [2.05, 4.69) is 10.3 Å². The van der Waals surface area contributed by atoms with Gasteiger partial charge >= 0.3 is 6.18 Å². The molecule has 1 aromatic heterocycles. The normalized spacial score (nSPS) is 11.4.